The number of hydrogen-bond acceptors (Lipinski definition) is 3. The van der Waals surface area contributed by atoms with Crippen LogP contribution in [0.25, 0.3) is 16.6 Å². The highest BCUT2D eigenvalue weighted by Gasteiger charge is 2.10. The van der Waals surface area contributed by atoms with Gasteiger partial charge in [-0.25, -0.2) is 0 Å². The Morgan fingerprint density at radius 1 is 1.40 bits per heavy atom. The maximum atomic E-state index is 10.5. The van der Waals surface area contributed by atoms with E-state index in [0.29, 0.717) is 5.56 Å². The minimum atomic E-state index is -0.496. The van der Waals surface area contributed by atoms with Gasteiger partial charge in [0, 0.05) is 11.6 Å². The fourth-order valence-corrected chi connectivity index (χ4v) is 1.35. The molecule has 0 unspecified atom stereocenters. The molecule has 4 nitrogen and oxygen atoms in total. The van der Waals surface area contributed by atoms with Crippen molar-refractivity contribution >= 4 is 16.6 Å². The molecular formula is C11H8N2O2. The van der Waals surface area contributed by atoms with E-state index in [4.69, 9.17) is 0 Å². The fraction of sp³-hybridized carbons (Fsp3) is 0. The Hall–Kier alpha value is -2.23. The number of rotatable bonds is 2. The maximum Gasteiger partial charge on any atom is 0.269 e. The van der Waals surface area contributed by atoms with Gasteiger partial charge < -0.3 is 0 Å². The van der Waals surface area contributed by atoms with Crippen LogP contribution in [0, 0.1) is 10.1 Å². The van der Waals surface area contributed by atoms with Gasteiger partial charge in [0.1, 0.15) is 0 Å². The number of fused-ring (bicyclic) bond motifs is 1. The highest BCUT2D eigenvalue weighted by Crippen LogP contribution is 2.18. The Morgan fingerprint density at radius 2 is 2.20 bits per heavy atom. The molecule has 1 heterocycles. The van der Waals surface area contributed by atoms with Crippen LogP contribution in [0.5, 0.6) is 0 Å². The van der Waals surface area contributed by atoms with Crippen molar-refractivity contribution in [3.05, 3.63) is 58.8 Å². The van der Waals surface area contributed by atoms with E-state index >= 15 is 0 Å². The van der Waals surface area contributed by atoms with Gasteiger partial charge in [-0.15, -0.1) is 0 Å². The van der Waals surface area contributed by atoms with Gasteiger partial charge in [0.05, 0.1) is 16.0 Å². The van der Waals surface area contributed by atoms with Crippen LogP contribution < -0.4 is 0 Å². The van der Waals surface area contributed by atoms with Gasteiger partial charge in [-0.2, -0.15) is 0 Å². The van der Waals surface area contributed by atoms with Crippen molar-refractivity contribution in [2.75, 3.05) is 0 Å². The van der Waals surface area contributed by atoms with Gasteiger partial charge in [-0.1, -0.05) is 12.1 Å². The lowest BCUT2D eigenvalue weighted by atomic mass is 10.1. The number of pyridine rings is 1. The van der Waals surface area contributed by atoms with Crippen LogP contribution in [-0.2, 0) is 0 Å². The molecule has 0 atom stereocenters. The first-order valence-electron chi connectivity index (χ1n) is 4.37. The van der Waals surface area contributed by atoms with E-state index in [9.17, 15) is 10.1 Å². The fourth-order valence-electron chi connectivity index (χ4n) is 1.35. The van der Waals surface area contributed by atoms with Crippen molar-refractivity contribution in [2.45, 2.75) is 0 Å². The molecule has 74 valence electrons. The molecule has 4 heteroatoms. The second-order valence-electron chi connectivity index (χ2n) is 3.11. The lowest BCUT2D eigenvalue weighted by Crippen LogP contribution is -1.95. The smallest absolute Gasteiger partial charge is 0.258 e. The third-order valence-electron chi connectivity index (χ3n) is 2.16. The molecule has 1 aromatic carbocycles. The molecule has 0 aliphatic carbocycles. The molecule has 0 N–H and O–H groups in total. The Morgan fingerprint density at radius 3 is 2.93 bits per heavy atom. The van der Waals surface area contributed by atoms with Crippen molar-refractivity contribution in [3.8, 4) is 0 Å². The summed E-state index contributed by atoms with van der Waals surface area (Å²) in [4.78, 5) is 14.1. The van der Waals surface area contributed by atoms with Crippen molar-refractivity contribution in [2.24, 2.45) is 0 Å². The molecule has 0 saturated carbocycles. The molecule has 0 saturated heterocycles. The zero-order valence-electron chi connectivity index (χ0n) is 7.88. The summed E-state index contributed by atoms with van der Waals surface area (Å²) in [5, 5.41) is 11.5. The van der Waals surface area contributed by atoms with Crippen LogP contribution in [-0.4, -0.2) is 9.91 Å². The van der Waals surface area contributed by atoms with Gasteiger partial charge >= 0.3 is 0 Å². The van der Waals surface area contributed by atoms with Gasteiger partial charge in [0.15, 0.2) is 0 Å². The summed E-state index contributed by atoms with van der Waals surface area (Å²) in [5.41, 5.74) is 1.12. The normalized spacial score (nSPS) is 10.1. The SMILES string of the molecule is C=C(c1ccc2cccnc2c1)[N+](=O)[O-]. The zero-order chi connectivity index (χ0) is 10.8. The van der Waals surface area contributed by atoms with E-state index in [1.165, 1.54) is 0 Å². The van der Waals surface area contributed by atoms with Crippen LogP contribution in [0.4, 0.5) is 0 Å². The minimum absolute atomic E-state index is 0.109. The summed E-state index contributed by atoms with van der Waals surface area (Å²) >= 11 is 0. The van der Waals surface area contributed by atoms with Crippen molar-refractivity contribution in [1.29, 1.82) is 0 Å². The molecule has 2 rings (SSSR count). The van der Waals surface area contributed by atoms with Crippen LogP contribution >= 0.6 is 0 Å². The van der Waals surface area contributed by atoms with Crippen LogP contribution in [0.2, 0.25) is 0 Å². The van der Waals surface area contributed by atoms with E-state index in [1.807, 2.05) is 12.1 Å². The van der Waals surface area contributed by atoms with E-state index in [-0.39, 0.29) is 5.70 Å². The third kappa shape index (κ3) is 1.69. The molecule has 0 spiro atoms. The largest absolute Gasteiger partial charge is 0.269 e. The molecule has 0 aliphatic heterocycles. The van der Waals surface area contributed by atoms with E-state index in [0.717, 1.165) is 10.9 Å². The summed E-state index contributed by atoms with van der Waals surface area (Å²) in [6, 6.07) is 8.87. The van der Waals surface area contributed by atoms with Crippen molar-refractivity contribution in [1.82, 2.24) is 4.98 Å². The molecule has 2 aromatic rings. The van der Waals surface area contributed by atoms with Gasteiger partial charge in [0.2, 0.25) is 0 Å². The lowest BCUT2D eigenvalue weighted by Gasteiger charge is -1.99. The Labute approximate surface area is 86.0 Å². The number of benzene rings is 1. The second kappa shape index (κ2) is 3.49. The molecule has 0 radical (unpaired) electrons. The highest BCUT2D eigenvalue weighted by molar-refractivity contribution is 5.81. The standard InChI is InChI=1S/C11H8N2O2/c1-8(13(14)15)10-5-4-9-3-2-6-12-11(9)7-10/h2-7H,1H2. The van der Waals surface area contributed by atoms with Gasteiger partial charge in [0.25, 0.3) is 5.70 Å². The molecule has 0 bridgehead atoms. The molecule has 15 heavy (non-hydrogen) atoms. The molecular weight excluding hydrogens is 192 g/mol. The average Bonchev–Trinajstić information content (AvgIpc) is 2.27. The summed E-state index contributed by atoms with van der Waals surface area (Å²) in [6.45, 7) is 3.40. The Balaban J connectivity index is 2.56. The number of hydrogen-bond donors (Lipinski definition) is 0. The van der Waals surface area contributed by atoms with Crippen LogP contribution in [0.1, 0.15) is 5.56 Å². The summed E-state index contributed by atoms with van der Waals surface area (Å²) in [7, 11) is 0. The van der Waals surface area contributed by atoms with E-state index in [2.05, 4.69) is 11.6 Å². The number of aromatic nitrogens is 1. The first-order valence-corrected chi connectivity index (χ1v) is 4.37. The van der Waals surface area contributed by atoms with Gasteiger partial charge in [-0.3, -0.25) is 15.1 Å². The monoisotopic (exact) mass is 200 g/mol. The van der Waals surface area contributed by atoms with E-state index < -0.39 is 4.92 Å². The highest BCUT2D eigenvalue weighted by atomic mass is 16.6. The molecule has 0 fully saturated rings. The van der Waals surface area contributed by atoms with Crippen LogP contribution in [0.15, 0.2) is 43.1 Å². The topological polar surface area (TPSA) is 56.0 Å². The van der Waals surface area contributed by atoms with Crippen molar-refractivity contribution in [3.63, 3.8) is 0 Å². The molecule has 0 aliphatic rings. The van der Waals surface area contributed by atoms with Crippen molar-refractivity contribution < 1.29 is 4.92 Å². The molecule has 0 amide bonds. The predicted molar refractivity (Wildman–Crippen MR) is 57.8 cm³/mol. The Kier molecular flexibility index (Phi) is 2.17. The first-order chi connectivity index (χ1) is 7.18. The van der Waals surface area contributed by atoms with Gasteiger partial charge in [-0.05, 0) is 24.8 Å². The Bertz CT molecular complexity index is 549. The average molecular weight is 200 g/mol. The molecule has 1 aromatic heterocycles. The second-order valence-corrected chi connectivity index (χ2v) is 3.11. The number of nitrogens with zero attached hydrogens (tertiary/aromatic N) is 2. The lowest BCUT2D eigenvalue weighted by molar-refractivity contribution is -0.375. The maximum absolute atomic E-state index is 10.5. The quantitative estimate of drug-likeness (QED) is 0.552. The summed E-state index contributed by atoms with van der Waals surface area (Å²) < 4.78 is 0. The van der Waals surface area contributed by atoms with E-state index in [1.54, 1.807) is 24.4 Å². The summed E-state index contributed by atoms with van der Waals surface area (Å²) in [6.07, 6.45) is 1.65. The minimum Gasteiger partial charge on any atom is -0.258 e. The number of nitro groups is 1. The first kappa shape index (κ1) is 9.33. The van der Waals surface area contributed by atoms with Crippen LogP contribution in [0.3, 0.4) is 0 Å². The predicted octanol–water partition coefficient (Wildman–Crippen LogP) is 2.48. The summed E-state index contributed by atoms with van der Waals surface area (Å²) in [5.74, 6) is 0. The third-order valence-corrected chi connectivity index (χ3v) is 2.16. The zero-order valence-corrected chi connectivity index (χ0v) is 7.88.